The van der Waals surface area contributed by atoms with Crippen molar-refractivity contribution in [3.05, 3.63) is 28.8 Å². The summed E-state index contributed by atoms with van der Waals surface area (Å²) >= 11 is 6.15. The number of benzene rings is 1. The SMILES string of the molecule is Cc1ccc(NC2CCC(N)C2)c(Cl)c1. The molecule has 2 unspecified atom stereocenters. The van der Waals surface area contributed by atoms with Gasteiger partial charge >= 0.3 is 0 Å². The lowest BCUT2D eigenvalue weighted by Gasteiger charge is -2.15. The van der Waals surface area contributed by atoms with E-state index in [0.29, 0.717) is 12.1 Å². The molecular weight excluding hydrogens is 208 g/mol. The summed E-state index contributed by atoms with van der Waals surface area (Å²) < 4.78 is 0. The molecule has 0 bridgehead atoms. The first-order chi connectivity index (χ1) is 7.15. The summed E-state index contributed by atoms with van der Waals surface area (Å²) in [6.45, 7) is 2.04. The van der Waals surface area contributed by atoms with Gasteiger partial charge in [0.2, 0.25) is 0 Å². The van der Waals surface area contributed by atoms with Crippen LogP contribution in [0.25, 0.3) is 0 Å². The van der Waals surface area contributed by atoms with Gasteiger partial charge in [-0.05, 0) is 43.9 Å². The average Bonchev–Trinajstić information content (AvgIpc) is 2.56. The fourth-order valence-corrected chi connectivity index (χ4v) is 2.39. The molecule has 3 heteroatoms. The number of anilines is 1. The van der Waals surface area contributed by atoms with Gasteiger partial charge in [0, 0.05) is 12.1 Å². The molecule has 0 aliphatic heterocycles. The molecule has 0 radical (unpaired) electrons. The van der Waals surface area contributed by atoms with E-state index < -0.39 is 0 Å². The highest BCUT2D eigenvalue weighted by Gasteiger charge is 2.21. The Bertz CT molecular complexity index is 351. The number of halogens is 1. The third kappa shape index (κ3) is 2.64. The molecule has 1 aromatic rings. The molecule has 1 fully saturated rings. The van der Waals surface area contributed by atoms with Crippen LogP contribution in [0.2, 0.25) is 5.02 Å². The molecule has 0 heterocycles. The van der Waals surface area contributed by atoms with E-state index in [-0.39, 0.29) is 0 Å². The molecule has 15 heavy (non-hydrogen) atoms. The molecule has 2 rings (SSSR count). The third-order valence-electron chi connectivity index (χ3n) is 2.96. The summed E-state index contributed by atoms with van der Waals surface area (Å²) in [5.41, 5.74) is 8.09. The maximum Gasteiger partial charge on any atom is 0.0640 e. The van der Waals surface area contributed by atoms with E-state index in [1.165, 1.54) is 5.56 Å². The lowest BCUT2D eigenvalue weighted by atomic mass is 10.2. The zero-order valence-electron chi connectivity index (χ0n) is 8.96. The fourth-order valence-electron chi connectivity index (χ4n) is 2.10. The number of hydrogen-bond donors (Lipinski definition) is 2. The fraction of sp³-hybridized carbons (Fsp3) is 0.500. The average molecular weight is 225 g/mol. The van der Waals surface area contributed by atoms with Crippen LogP contribution in [-0.4, -0.2) is 12.1 Å². The predicted molar refractivity (Wildman–Crippen MR) is 65.4 cm³/mol. The van der Waals surface area contributed by atoms with Crippen molar-refractivity contribution in [1.82, 2.24) is 0 Å². The second-order valence-electron chi connectivity index (χ2n) is 4.40. The summed E-state index contributed by atoms with van der Waals surface area (Å²) in [6, 6.07) is 6.94. The van der Waals surface area contributed by atoms with Gasteiger partial charge in [0.1, 0.15) is 0 Å². The topological polar surface area (TPSA) is 38.0 Å². The third-order valence-corrected chi connectivity index (χ3v) is 3.27. The van der Waals surface area contributed by atoms with Crippen LogP contribution in [0.1, 0.15) is 24.8 Å². The number of rotatable bonds is 2. The van der Waals surface area contributed by atoms with Crippen LogP contribution in [-0.2, 0) is 0 Å². The van der Waals surface area contributed by atoms with Gasteiger partial charge < -0.3 is 11.1 Å². The highest BCUT2D eigenvalue weighted by Crippen LogP contribution is 2.27. The second kappa shape index (κ2) is 4.42. The van der Waals surface area contributed by atoms with Crippen LogP contribution in [0, 0.1) is 6.92 Å². The van der Waals surface area contributed by atoms with E-state index in [2.05, 4.69) is 11.4 Å². The summed E-state index contributed by atoms with van der Waals surface area (Å²) in [4.78, 5) is 0. The van der Waals surface area contributed by atoms with Crippen LogP contribution in [0.5, 0.6) is 0 Å². The van der Waals surface area contributed by atoms with Crippen molar-refractivity contribution in [3.8, 4) is 0 Å². The van der Waals surface area contributed by atoms with E-state index >= 15 is 0 Å². The maximum atomic E-state index is 6.15. The van der Waals surface area contributed by atoms with Gasteiger partial charge in [0.05, 0.1) is 10.7 Å². The van der Waals surface area contributed by atoms with Crippen LogP contribution in [0.3, 0.4) is 0 Å². The zero-order valence-corrected chi connectivity index (χ0v) is 9.72. The van der Waals surface area contributed by atoms with Crippen LogP contribution < -0.4 is 11.1 Å². The number of nitrogens with one attached hydrogen (secondary N) is 1. The van der Waals surface area contributed by atoms with Gasteiger partial charge in [-0.2, -0.15) is 0 Å². The Morgan fingerprint density at radius 2 is 2.20 bits per heavy atom. The van der Waals surface area contributed by atoms with E-state index in [4.69, 9.17) is 17.3 Å². The number of aryl methyl sites for hydroxylation is 1. The first-order valence-electron chi connectivity index (χ1n) is 5.43. The van der Waals surface area contributed by atoms with Crippen LogP contribution in [0.4, 0.5) is 5.69 Å². The minimum Gasteiger partial charge on any atom is -0.381 e. The smallest absolute Gasteiger partial charge is 0.0640 e. The van der Waals surface area contributed by atoms with Crippen molar-refractivity contribution < 1.29 is 0 Å². The molecule has 82 valence electrons. The lowest BCUT2D eigenvalue weighted by Crippen LogP contribution is -2.20. The van der Waals surface area contributed by atoms with E-state index in [0.717, 1.165) is 30.0 Å². The Morgan fingerprint density at radius 1 is 1.40 bits per heavy atom. The molecule has 1 aromatic carbocycles. The highest BCUT2D eigenvalue weighted by atomic mass is 35.5. The minimum atomic E-state index is 0.353. The van der Waals surface area contributed by atoms with Crippen LogP contribution >= 0.6 is 11.6 Å². The van der Waals surface area contributed by atoms with Crippen molar-refractivity contribution >= 4 is 17.3 Å². The van der Waals surface area contributed by atoms with Crippen molar-refractivity contribution in [2.24, 2.45) is 5.73 Å². The molecule has 0 spiro atoms. The molecule has 1 aliphatic rings. The van der Waals surface area contributed by atoms with Gasteiger partial charge in [-0.25, -0.2) is 0 Å². The largest absolute Gasteiger partial charge is 0.381 e. The first kappa shape index (κ1) is 10.8. The highest BCUT2D eigenvalue weighted by molar-refractivity contribution is 6.33. The second-order valence-corrected chi connectivity index (χ2v) is 4.80. The zero-order chi connectivity index (χ0) is 10.8. The van der Waals surface area contributed by atoms with Gasteiger partial charge in [-0.3, -0.25) is 0 Å². The van der Waals surface area contributed by atoms with E-state index in [1.807, 2.05) is 19.1 Å². The van der Waals surface area contributed by atoms with Gasteiger partial charge in [-0.1, -0.05) is 17.7 Å². The molecule has 1 saturated carbocycles. The molecule has 3 N–H and O–H groups in total. The summed E-state index contributed by atoms with van der Waals surface area (Å²) in [6.07, 6.45) is 3.30. The maximum absolute atomic E-state index is 6.15. The minimum absolute atomic E-state index is 0.353. The Morgan fingerprint density at radius 3 is 2.80 bits per heavy atom. The molecule has 1 aliphatic carbocycles. The Balaban J connectivity index is 2.04. The van der Waals surface area contributed by atoms with E-state index in [1.54, 1.807) is 0 Å². The van der Waals surface area contributed by atoms with Gasteiger partial charge in [0.15, 0.2) is 0 Å². The quantitative estimate of drug-likeness (QED) is 0.811. The normalized spacial score (nSPS) is 25.5. The Hall–Kier alpha value is -0.730. The first-order valence-corrected chi connectivity index (χ1v) is 5.81. The van der Waals surface area contributed by atoms with Crippen LogP contribution in [0.15, 0.2) is 18.2 Å². The van der Waals surface area contributed by atoms with Gasteiger partial charge in [-0.15, -0.1) is 0 Å². The van der Waals surface area contributed by atoms with Crippen molar-refractivity contribution in [2.75, 3.05) is 5.32 Å². The standard InChI is InChI=1S/C12H17ClN2/c1-8-2-5-12(11(13)6-8)15-10-4-3-9(14)7-10/h2,5-6,9-10,15H,3-4,7,14H2,1H3. The molecule has 0 amide bonds. The molecule has 2 nitrogen and oxygen atoms in total. The Labute approximate surface area is 95.8 Å². The lowest BCUT2D eigenvalue weighted by molar-refractivity contribution is 0.688. The summed E-state index contributed by atoms with van der Waals surface area (Å²) in [5.74, 6) is 0. The monoisotopic (exact) mass is 224 g/mol. The number of hydrogen-bond acceptors (Lipinski definition) is 2. The van der Waals surface area contributed by atoms with Crippen molar-refractivity contribution in [3.63, 3.8) is 0 Å². The van der Waals surface area contributed by atoms with E-state index in [9.17, 15) is 0 Å². The van der Waals surface area contributed by atoms with Gasteiger partial charge in [0.25, 0.3) is 0 Å². The summed E-state index contributed by atoms with van der Waals surface area (Å²) in [5, 5.41) is 4.26. The number of nitrogens with two attached hydrogens (primary N) is 1. The molecule has 0 saturated heterocycles. The Kier molecular flexibility index (Phi) is 3.17. The summed E-state index contributed by atoms with van der Waals surface area (Å²) in [7, 11) is 0. The van der Waals surface area contributed by atoms with Crippen molar-refractivity contribution in [2.45, 2.75) is 38.3 Å². The predicted octanol–water partition coefficient (Wildman–Crippen LogP) is 2.94. The molecule has 0 aromatic heterocycles. The molecule has 2 atom stereocenters. The van der Waals surface area contributed by atoms with Crippen molar-refractivity contribution in [1.29, 1.82) is 0 Å². The molecular formula is C12H17ClN2.